The smallest absolute Gasteiger partial charge is 0.103 e. The lowest BCUT2D eigenvalue weighted by molar-refractivity contribution is 1.28. The van der Waals surface area contributed by atoms with Crippen molar-refractivity contribution in [1.29, 1.82) is 5.26 Å². The molecule has 0 aliphatic rings. The van der Waals surface area contributed by atoms with Crippen LogP contribution in [0, 0.1) is 25.2 Å². The van der Waals surface area contributed by atoms with Crippen molar-refractivity contribution in [2.24, 2.45) is 0 Å². The van der Waals surface area contributed by atoms with Gasteiger partial charge in [0.05, 0.1) is 11.3 Å². The van der Waals surface area contributed by atoms with Gasteiger partial charge in [0.2, 0.25) is 0 Å². The third-order valence-electron chi connectivity index (χ3n) is 4.89. The fraction of sp³-hybridized carbons (Fsp3) is 0.0833. The number of nitriles is 1. The molecule has 0 bridgehead atoms. The van der Waals surface area contributed by atoms with Crippen molar-refractivity contribution in [3.8, 4) is 6.07 Å². The van der Waals surface area contributed by atoms with Gasteiger partial charge < -0.3 is 10.3 Å². The summed E-state index contributed by atoms with van der Waals surface area (Å²) in [4.78, 5) is 7.46. The number of rotatable bonds is 4. The topological polar surface area (TPSA) is 64.5 Å². The summed E-state index contributed by atoms with van der Waals surface area (Å²) >= 11 is 0. The van der Waals surface area contributed by atoms with Crippen LogP contribution in [0.15, 0.2) is 61.1 Å². The first-order valence-corrected chi connectivity index (χ1v) is 9.12. The molecule has 0 unspecified atom stereocenters. The summed E-state index contributed by atoms with van der Waals surface area (Å²) < 4.78 is 0. The van der Waals surface area contributed by atoms with Crippen LogP contribution in [0.1, 0.15) is 27.8 Å². The van der Waals surface area contributed by atoms with E-state index >= 15 is 0 Å². The summed E-state index contributed by atoms with van der Waals surface area (Å²) in [7, 11) is 0. The molecule has 0 spiro atoms. The van der Waals surface area contributed by atoms with E-state index in [1.54, 1.807) is 12.4 Å². The van der Waals surface area contributed by atoms with Crippen LogP contribution in [0.5, 0.6) is 0 Å². The normalized spacial score (nSPS) is 11.0. The average Bonchev–Trinajstić information content (AvgIpc) is 3.20. The SMILES string of the molecule is Cc1ccc(C=Cc2cncc(C#N)c2Nc2ccc3[nH]ccc3c2C)cc1. The van der Waals surface area contributed by atoms with Gasteiger partial charge in [-0.05, 0) is 43.2 Å². The Morgan fingerprint density at radius 1 is 1.00 bits per heavy atom. The van der Waals surface area contributed by atoms with E-state index in [4.69, 9.17) is 0 Å². The monoisotopic (exact) mass is 364 g/mol. The molecular formula is C24H20N4. The molecule has 0 saturated carbocycles. The summed E-state index contributed by atoms with van der Waals surface area (Å²) in [5.74, 6) is 0. The number of fused-ring (bicyclic) bond motifs is 1. The predicted octanol–water partition coefficient (Wildman–Crippen LogP) is 5.97. The highest BCUT2D eigenvalue weighted by Gasteiger charge is 2.11. The van der Waals surface area contributed by atoms with E-state index in [2.05, 4.69) is 65.5 Å². The van der Waals surface area contributed by atoms with Crippen LogP contribution in [-0.4, -0.2) is 9.97 Å². The minimum absolute atomic E-state index is 0.514. The number of aromatic amines is 1. The maximum absolute atomic E-state index is 9.59. The van der Waals surface area contributed by atoms with E-state index in [-0.39, 0.29) is 0 Å². The molecule has 2 heterocycles. The summed E-state index contributed by atoms with van der Waals surface area (Å²) in [6.45, 7) is 4.15. The molecular weight excluding hydrogens is 344 g/mol. The summed E-state index contributed by atoms with van der Waals surface area (Å²) in [5, 5.41) is 14.2. The summed E-state index contributed by atoms with van der Waals surface area (Å²) in [6, 6.07) is 16.7. The van der Waals surface area contributed by atoms with Crippen molar-refractivity contribution in [2.45, 2.75) is 13.8 Å². The Bertz CT molecular complexity index is 1210. The molecule has 2 N–H and O–H groups in total. The third-order valence-corrected chi connectivity index (χ3v) is 4.89. The van der Waals surface area contributed by atoms with E-state index in [0.717, 1.165) is 39.0 Å². The number of benzene rings is 2. The quantitative estimate of drug-likeness (QED) is 0.469. The maximum atomic E-state index is 9.59. The zero-order chi connectivity index (χ0) is 19.5. The molecule has 0 aliphatic heterocycles. The Labute approximate surface area is 164 Å². The first-order valence-electron chi connectivity index (χ1n) is 9.12. The Balaban J connectivity index is 1.74. The fourth-order valence-electron chi connectivity index (χ4n) is 3.24. The Morgan fingerprint density at radius 3 is 2.61 bits per heavy atom. The first-order chi connectivity index (χ1) is 13.7. The molecule has 2 aromatic carbocycles. The number of H-pyrrole nitrogens is 1. The number of pyridine rings is 1. The number of nitrogens with one attached hydrogen (secondary N) is 2. The second-order valence-electron chi connectivity index (χ2n) is 6.81. The Morgan fingerprint density at radius 2 is 1.82 bits per heavy atom. The number of aryl methyl sites for hydroxylation is 2. The van der Waals surface area contributed by atoms with Crippen LogP contribution < -0.4 is 5.32 Å². The molecule has 4 rings (SSSR count). The molecule has 0 amide bonds. The molecule has 0 saturated heterocycles. The van der Waals surface area contributed by atoms with E-state index in [9.17, 15) is 5.26 Å². The molecule has 0 fully saturated rings. The van der Waals surface area contributed by atoms with Crippen molar-refractivity contribution in [1.82, 2.24) is 9.97 Å². The Hall–Kier alpha value is -3.84. The number of nitrogens with zero attached hydrogens (tertiary/aromatic N) is 2. The van der Waals surface area contributed by atoms with Crippen LogP contribution in [0.2, 0.25) is 0 Å². The van der Waals surface area contributed by atoms with Gasteiger partial charge in [-0.25, -0.2) is 0 Å². The van der Waals surface area contributed by atoms with Crippen LogP contribution in [0.25, 0.3) is 23.1 Å². The molecule has 28 heavy (non-hydrogen) atoms. The maximum Gasteiger partial charge on any atom is 0.103 e. The molecule has 0 atom stereocenters. The van der Waals surface area contributed by atoms with Gasteiger partial charge in [0.15, 0.2) is 0 Å². The summed E-state index contributed by atoms with van der Waals surface area (Å²) in [5.41, 5.74) is 7.67. The van der Waals surface area contributed by atoms with Crippen molar-refractivity contribution in [3.63, 3.8) is 0 Å². The van der Waals surface area contributed by atoms with Gasteiger partial charge in [-0.3, -0.25) is 4.98 Å². The van der Waals surface area contributed by atoms with Crippen LogP contribution in [0.4, 0.5) is 11.4 Å². The molecule has 4 aromatic rings. The van der Waals surface area contributed by atoms with Gasteiger partial charge in [-0.15, -0.1) is 0 Å². The highest BCUT2D eigenvalue weighted by atomic mass is 14.9. The minimum Gasteiger partial charge on any atom is -0.361 e. The van der Waals surface area contributed by atoms with Gasteiger partial charge in [0, 0.05) is 40.7 Å². The largest absolute Gasteiger partial charge is 0.361 e. The zero-order valence-electron chi connectivity index (χ0n) is 15.8. The van der Waals surface area contributed by atoms with Gasteiger partial charge in [0.25, 0.3) is 0 Å². The van der Waals surface area contributed by atoms with E-state index in [1.807, 2.05) is 30.5 Å². The molecule has 4 nitrogen and oxygen atoms in total. The van der Waals surface area contributed by atoms with Crippen molar-refractivity contribution in [2.75, 3.05) is 5.32 Å². The van der Waals surface area contributed by atoms with E-state index < -0.39 is 0 Å². The number of aromatic nitrogens is 2. The lowest BCUT2D eigenvalue weighted by Crippen LogP contribution is -1.99. The lowest BCUT2D eigenvalue weighted by Gasteiger charge is -2.14. The molecule has 0 radical (unpaired) electrons. The van der Waals surface area contributed by atoms with Crippen molar-refractivity contribution in [3.05, 3.63) is 88.9 Å². The second kappa shape index (κ2) is 7.42. The van der Waals surface area contributed by atoms with Gasteiger partial charge in [0.1, 0.15) is 6.07 Å². The van der Waals surface area contributed by atoms with Gasteiger partial charge in [-0.2, -0.15) is 5.26 Å². The number of hydrogen-bond donors (Lipinski definition) is 2. The molecule has 136 valence electrons. The standard InChI is InChI=1S/C24H20N4/c1-16-3-5-18(6-4-16)7-8-19-14-26-15-20(13-25)24(19)28-22-9-10-23-21(17(22)2)11-12-27-23/h3-12,14-15,27H,1-2H3,(H,26,28). The van der Waals surface area contributed by atoms with Crippen LogP contribution >= 0.6 is 0 Å². The molecule has 2 aromatic heterocycles. The number of hydrogen-bond acceptors (Lipinski definition) is 3. The molecule has 4 heteroatoms. The average molecular weight is 364 g/mol. The fourth-order valence-corrected chi connectivity index (χ4v) is 3.24. The highest BCUT2D eigenvalue weighted by molar-refractivity contribution is 5.90. The van der Waals surface area contributed by atoms with Gasteiger partial charge in [-0.1, -0.05) is 42.0 Å². The lowest BCUT2D eigenvalue weighted by atomic mass is 10.1. The molecule has 0 aliphatic carbocycles. The number of anilines is 2. The van der Waals surface area contributed by atoms with Crippen molar-refractivity contribution < 1.29 is 0 Å². The zero-order valence-corrected chi connectivity index (χ0v) is 15.8. The van der Waals surface area contributed by atoms with E-state index in [0.29, 0.717) is 5.56 Å². The van der Waals surface area contributed by atoms with Crippen LogP contribution in [-0.2, 0) is 0 Å². The van der Waals surface area contributed by atoms with Crippen LogP contribution in [0.3, 0.4) is 0 Å². The minimum atomic E-state index is 0.514. The van der Waals surface area contributed by atoms with Gasteiger partial charge >= 0.3 is 0 Å². The summed E-state index contributed by atoms with van der Waals surface area (Å²) in [6.07, 6.45) is 9.33. The predicted molar refractivity (Wildman–Crippen MR) is 115 cm³/mol. The second-order valence-corrected chi connectivity index (χ2v) is 6.81. The first kappa shape index (κ1) is 17.6. The third kappa shape index (κ3) is 3.38. The van der Waals surface area contributed by atoms with Crippen molar-refractivity contribution >= 4 is 34.4 Å². The van der Waals surface area contributed by atoms with E-state index in [1.165, 1.54) is 5.56 Å². The Kier molecular flexibility index (Phi) is 4.65. The highest BCUT2D eigenvalue weighted by Crippen LogP contribution is 2.31.